The Hall–Kier alpha value is -2.71. The first kappa shape index (κ1) is 20.6. The molecule has 2 aromatic heterocycles. The second kappa shape index (κ2) is 9.40. The fraction of sp³-hybridized carbons (Fsp3) is 0.500. The van der Waals surface area contributed by atoms with Crippen LogP contribution in [0.4, 0.5) is 5.82 Å². The summed E-state index contributed by atoms with van der Waals surface area (Å²) < 4.78 is 7.24. The lowest BCUT2D eigenvalue weighted by atomic mass is 10.0. The van der Waals surface area contributed by atoms with Gasteiger partial charge in [0.2, 0.25) is 0 Å². The van der Waals surface area contributed by atoms with E-state index in [4.69, 9.17) is 16.2 Å². The van der Waals surface area contributed by atoms with Gasteiger partial charge in [0.05, 0.1) is 18.5 Å². The summed E-state index contributed by atoms with van der Waals surface area (Å²) in [5, 5.41) is 4.38. The minimum Gasteiger partial charge on any atom is -0.462 e. The molecular formula is C22H31N7O. The zero-order valence-corrected chi connectivity index (χ0v) is 17.6. The Bertz CT molecular complexity index is 962. The Kier molecular flexibility index (Phi) is 6.44. The zero-order chi connectivity index (χ0) is 20.9. The molecule has 0 radical (unpaired) electrons. The summed E-state index contributed by atoms with van der Waals surface area (Å²) in [6, 6.07) is 9.40. The van der Waals surface area contributed by atoms with Crippen LogP contribution >= 0.6 is 0 Å². The number of nitrogens with two attached hydrogens (primary N) is 2. The molecule has 0 amide bonds. The number of piperidine rings is 1. The quantitative estimate of drug-likeness (QED) is 0.550. The summed E-state index contributed by atoms with van der Waals surface area (Å²) in [6.07, 6.45) is 6.79. The second-order valence-electron chi connectivity index (χ2n) is 8.09. The zero-order valence-electron chi connectivity index (χ0n) is 17.6. The third-order valence-electron chi connectivity index (χ3n) is 5.55. The van der Waals surface area contributed by atoms with Gasteiger partial charge in [0, 0.05) is 19.0 Å². The predicted octanol–water partition coefficient (Wildman–Crippen LogP) is 2.40. The maximum atomic E-state index is 6.06. The van der Waals surface area contributed by atoms with Crippen molar-refractivity contribution in [3.05, 3.63) is 47.3 Å². The Balaban J connectivity index is 1.40. The van der Waals surface area contributed by atoms with Gasteiger partial charge in [0.15, 0.2) is 11.5 Å². The SMILES string of the molecule is CCCCOc1nc(N)c2nc(Cc3ccc(CN4CCC(N)CC4)cc3)cn2n1. The molecule has 3 heterocycles. The number of likely N-dealkylation sites (tertiary alicyclic amines) is 1. The van der Waals surface area contributed by atoms with Crippen molar-refractivity contribution in [3.8, 4) is 6.01 Å². The van der Waals surface area contributed by atoms with Crippen LogP contribution in [-0.4, -0.2) is 50.2 Å². The minimum absolute atomic E-state index is 0.292. The van der Waals surface area contributed by atoms with E-state index in [0.717, 1.165) is 51.0 Å². The highest BCUT2D eigenvalue weighted by Gasteiger charge is 2.16. The molecule has 0 bridgehead atoms. The summed E-state index contributed by atoms with van der Waals surface area (Å²) in [5.41, 5.74) is 16.1. The van der Waals surface area contributed by atoms with Crippen LogP contribution in [0, 0.1) is 0 Å². The molecular weight excluding hydrogens is 378 g/mol. The average molecular weight is 410 g/mol. The van der Waals surface area contributed by atoms with E-state index in [1.807, 2.05) is 6.20 Å². The summed E-state index contributed by atoms with van der Waals surface area (Å²) in [7, 11) is 0. The summed E-state index contributed by atoms with van der Waals surface area (Å²) in [6.45, 7) is 5.83. The molecule has 160 valence electrons. The standard InChI is InChI=1S/C22H31N7O/c1-2-3-12-30-22-26-20(24)21-25-19(15-29(21)27-22)13-16-4-6-17(7-5-16)14-28-10-8-18(23)9-11-28/h4-7,15,18H,2-3,8-14,23H2,1H3,(H2,24,26,27). The van der Waals surface area contributed by atoms with E-state index < -0.39 is 0 Å². The lowest BCUT2D eigenvalue weighted by Crippen LogP contribution is -2.39. The van der Waals surface area contributed by atoms with Crippen LogP contribution in [0.15, 0.2) is 30.5 Å². The molecule has 0 unspecified atom stereocenters. The molecule has 1 aromatic carbocycles. The molecule has 4 N–H and O–H groups in total. The number of nitrogen functional groups attached to an aromatic ring is 1. The number of ether oxygens (including phenoxy) is 1. The molecule has 0 spiro atoms. The van der Waals surface area contributed by atoms with Crippen LogP contribution in [0.3, 0.4) is 0 Å². The van der Waals surface area contributed by atoms with Crippen molar-refractivity contribution in [2.45, 2.75) is 51.6 Å². The first-order chi connectivity index (χ1) is 14.6. The maximum absolute atomic E-state index is 6.06. The highest BCUT2D eigenvalue weighted by Crippen LogP contribution is 2.18. The van der Waals surface area contributed by atoms with Crippen molar-refractivity contribution in [2.75, 3.05) is 25.4 Å². The number of nitrogens with zero attached hydrogens (tertiary/aromatic N) is 5. The molecule has 8 heteroatoms. The van der Waals surface area contributed by atoms with E-state index in [1.54, 1.807) is 4.52 Å². The van der Waals surface area contributed by atoms with E-state index in [2.05, 4.69) is 51.2 Å². The van der Waals surface area contributed by atoms with E-state index >= 15 is 0 Å². The first-order valence-corrected chi connectivity index (χ1v) is 10.8. The largest absolute Gasteiger partial charge is 0.462 e. The molecule has 1 aliphatic heterocycles. The van der Waals surface area contributed by atoms with E-state index in [1.165, 1.54) is 11.1 Å². The van der Waals surface area contributed by atoms with Crippen LogP contribution < -0.4 is 16.2 Å². The van der Waals surface area contributed by atoms with Gasteiger partial charge >= 0.3 is 6.01 Å². The lowest BCUT2D eigenvalue weighted by Gasteiger charge is -2.30. The summed E-state index contributed by atoms with van der Waals surface area (Å²) in [5.74, 6) is 0.333. The van der Waals surface area contributed by atoms with Gasteiger partial charge in [-0.2, -0.15) is 4.98 Å². The smallest absolute Gasteiger partial charge is 0.336 e. The van der Waals surface area contributed by atoms with Crippen molar-refractivity contribution in [1.29, 1.82) is 0 Å². The fourth-order valence-corrected chi connectivity index (χ4v) is 3.73. The number of fused-ring (bicyclic) bond motifs is 1. The number of rotatable bonds is 8. The Morgan fingerprint density at radius 1 is 1.10 bits per heavy atom. The Morgan fingerprint density at radius 2 is 1.83 bits per heavy atom. The monoisotopic (exact) mass is 409 g/mol. The molecule has 0 atom stereocenters. The number of imidazole rings is 1. The van der Waals surface area contributed by atoms with Crippen molar-refractivity contribution in [1.82, 2.24) is 24.5 Å². The van der Waals surface area contributed by atoms with Crippen molar-refractivity contribution in [2.24, 2.45) is 5.73 Å². The van der Waals surface area contributed by atoms with Crippen LogP contribution in [0.5, 0.6) is 6.01 Å². The fourth-order valence-electron chi connectivity index (χ4n) is 3.73. The van der Waals surface area contributed by atoms with E-state index in [-0.39, 0.29) is 0 Å². The van der Waals surface area contributed by atoms with Crippen molar-refractivity contribution >= 4 is 11.5 Å². The summed E-state index contributed by atoms with van der Waals surface area (Å²) >= 11 is 0. The molecule has 0 aliphatic carbocycles. The average Bonchev–Trinajstić information content (AvgIpc) is 3.14. The van der Waals surface area contributed by atoms with Crippen molar-refractivity contribution < 1.29 is 4.74 Å². The molecule has 1 fully saturated rings. The van der Waals surface area contributed by atoms with Gasteiger partial charge in [-0.05, 0) is 43.5 Å². The van der Waals surface area contributed by atoms with Crippen LogP contribution in [0.1, 0.15) is 49.4 Å². The second-order valence-corrected chi connectivity index (χ2v) is 8.09. The Labute approximate surface area is 177 Å². The molecule has 4 rings (SSSR count). The predicted molar refractivity (Wildman–Crippen MR) is 117 cm³/mol. The van der Waals surface area contributed by atoms with Gasteiger partial charge in [-0.25, -0.2) is 9.50 Å². The van der Waals surface area contributed by atoms with E-state index in [0.29, 0.717) is 36.5 Å². The molecule has 1 aliphatic rings. The molecule has 0 saturated carbocycles. The lowest BCUT2D eigenvalue weighted by molar-refractivity contribution is 0.205. The highest BCUT2D eigenvalue weighted by molar-refractivity contribution is 5.59. The van der Waals surface area contributed by atoms with Crippen molar-refractivity contribution in [3.63, 3.8) is 0 Å². The first-order valence-electron chi connectivity index (χ1n) is 10.8. The number of unbranched alkanes of at least 4 members (excludes halogenated alkanes) is 1. The summed E-state index contributed by atoms with van der Waals surface area (Å²) in [4.78, 5) is 11.3. The van der Waals surface area contributed by atoms with Gasteiger partial charge in [0.25, 0.3) is 0 Å². The van der Waals surface area contributed by atoms with Crippen LogP contribution in [-0.2, 0) is 13.0 Å². The number of hydrogen-bond acceptors (Lipinski definition) is 7. The van der Waals surface area contributed by atoms with Crippen LogP contribution in [0.25, 0.3) is 5.65 Å². The van der Waals surface area contributed by atoms with Gasteiger partial charge in [-0.3, -0.25) is 4.90 Å². The molecule has 3 aromatic rings. The number of anilines is 1. The minimum atomic E-state index is 0.292. The third kappa shape index (κ3) is 5.06. The van der Waals surface area contributed by atoms with E-state index in [9.17, 15) is 0 Å². The van der Waals surface area contributed by atoms with Crippen LogP contribution in [0.2, 0.25) is 0 Å². The number of aromatic nitrogens is 4. The number of hydrogen-bond donors (Lipinski definition) is 2. The number of benzene rings is 1. The molecule has 30 heavy (non-hydrogen) atoms. The molecule has 8 nitrogen and oxygen atoms in total. The molecule has 1 saturated heterocycles. The maximum Gasteiger partial charge on any atom is 0.336 e. The highest BCUT2D eigenvalue weighted by atomic mass is 16.5. The van der Waals surface area contributed by atoms with Gasteiger partial charge < -0.3 is 16.2 Å². The topological polar surface area (TPSA) is 108 Å². The Morgan fingerprint density at radius 3 is 2.57 bits per heavy atom. The van der Waals surface area contributed by atoms with Gasteiger partial charge in [-0.15, -0.1) is 5.10 Å². The van der Waals surface area contributed by atoms with Gasteiger partial charge in [0.1, 0.15) is 0 Å². The normalized spacial score (nSPS) is 15.7. The van der Waals surface area contributed by atoms with Gasteiger partial charge in [-0.1, -0.05) is 37.6 Å². The third-order valence-corrected chi connectivity index (χ3v) is 5.55.